The molecule has 25 heavy (non-hydrogen) atoms. The quantitative estimate of drug-likeness (QED) is 0.440. The van der Waals surface area contributed by atoms with Crippen LogP contribution in [0.5, 0.6) is 0 Å². The molecule has 0 heterocycles. The summed E-state index contributed by atoms with van der Waals surface area (Å²) in [6.07, 6.45) is 1.05. The van der Waals surface area contributed by atoms with Crippen LogP contribution in [0.15, 0.2) is 30.0 Å². The summed E-state index contributed by atoms with van der Waals surface area (Å²) in [6.45, 7) is 7.21. The van der Waals surface area contributed by atoms with Crippen LogP contribution >= 0.6 is 23.8 Å². The largest absolute Gasteiger partial charge is 0.463 e. The number of carbonyl (C=O) groups is 2. The molecule has 0 saturated carbocycles. The van der Waals surface area contributed by atoms with Gasteiger partial charge in [-0.25, -0.2) is 9.59 Å². The summed E-state index contributed by atoms with van der Waals surface area (Å²) < 4.78 is 9.96. The number of allylic oxidation sites excluding steroid dienone is 1. The van der Waals surface area contributed by atoms with Crippen molar-refractivity contribution < 1.29 is 19.1 Å². The van der Waals surface area contributed by atoms with Gasteiger partial charge in [0.1, 0.15) is 0 Å². The predicted molar refractivity (Wildman–Crippen MR) is 102 cm³/mol. The molecule has 0 amide bonds. The molecule has 0 aliphatic heterocycles. The molecule has 0 bridgehead atoms. The lowest BCUT2D eigenvalue weighted by atomic mass is 10.2. The van der Waals surface area contributed by atoms with Gasteiger partial charge >= 0.3 is 11.9 Å². The first-order valence-corrected chi connectivity index (χ1v) is 8.45. The fourth-order valence-electron chi connectivity index (χ4n) is 1.78. The van der Waals surface area contributed by atoms with Crippen LogP contribution in [-0.2, 0) is 14.3 Å². The van der Waals surface area contributed by atoms with E-state index in [4.69, 9.17) is 33.3 Å². The molecule has 0 saturated heterocycles. The summed E-state index contributed by atoms with van der Waals surface area (Å²) in [5.41, 5.74) is 1.31. The maximum Gasteiger partial charge on any atom is 0.339 e. The molecule has 0 spiro atoms. The molecule has 8 heteroatoms. The number of rotatable bonds is 6. The first-order valence-electron chi connectivity index (χ1n) is 7.66. The van der Waals surface area contributed by atoms with E-state index < -0.39 is 11.9 Å². The zero-order valence-corrected chi connectivity index (χ0v) is 16.1. The van der Waals surface area contributed by atoms with Crippen LogP contribution in [0.25, 0.3) is 0 Å². The lowest BCUT2D eigenvalue weighted by Crippen LogP contribution is -2.27. The highest BCUT2D eigenvalue weighted by Gasteiger charge is 2.14. The van der Waals surface area contributed by atoms with Gasteiger partial charge in [-0.05, 0) is 58.1 Å². The Kier molecular flexibility index (Phi) is 8.37. The van der Waals surface area contributed by atoms with Gasteiger partial charge < -0.3 is 20.1 Å². The van der Waals surface area contributed by atoms with E-state index in [9.17, 15) is 9.59 Å². The Hall–Kier alpha value is -2.12. The van der Waals surface area contributed by atoms with Gasteiger partial charge in [-0.1, -0.05) is 11.6 Å². The van der Waals surface area contributed by atoms with Crippen LogP contribution in [0.1, 0.15) is 38.1 Å². The summed E-state index contributed by atoms with van der Waals surface area (Å²) in [4.78, 5) is 23.4. The molecule has 136 valence electrons. The fourth-order valence-corrected chi connectivity index (χ4v) is 2.25. The fraction of sp³-hybridized carbons (Fsp3) is 0.353. The average molecular weight is 385 g/mol. The first kappa shape index (κ1) is 20.9. The number of nitrogens with one attached hydrogen (secondary N) is 2. The van der Waals surface area contributed by atoms with E-state index in [1.165, 1.54) is 6.08 Å². The van der Waals surface area contributed by atoms with Gasteiger partial charge in [0, 0.05) is 17.5 Å². The van der Waals surface area contributed by atoms with Crippen molar-refractivity contribution in [2.24, 2.45) is 0 Å². The van der Waals surface area contributed by atoms with E-state index in [1.807, 2.05) is 0 Å². The molecule has 0 fully saturated rings. The molecule has 1 rings (SSSR count). The highest BCUT2D eigenvalue weighted by Crippen LogP contribution is 2.22. The summed E-state index contributed by atoms with van der Waals surface area (Å²) in [5.74, 6) is -0.971. The van der Waals surface area contributed by atoms with E-state index in [0.29, 0.717) is 18.0 Å². The molecule has 6 nitrogen and oxygen atoms in total. The molecule has 0 radical (unpaired) electrons. The van der Waals surface area contributed by atoms with Gasteiger partial charge in [0.05, 0.1) is 23.3 Å². The Bertz CT molecular complexity index is 689. The molecule has 1 aromatic rings. The maximum absolute atomic E-state index is 12.0. The number of hydrogen-bond acceptors (Lipinski definition) is 5. The number of anilines is 1. The van der Waals surface area contributed by atoms with Crippen LogP contribution in [0, 0.1) is 0 Å². The minimum Gasteiger partial charge on any atom is -0.463 e. The van der Waals surface area contributed by atoms with Crippen molar-refractivity contribution in [1.29, 1.82) is 0 Å². The highest BCUT2D eigenvalue weighted by atomic mass is 35.5. The number of benzene rings is 1. The van der Waals surface area contributed by atoms with Crippen LogP contribution in [0.3, 0.4) is 0 Å². The van der Waals surface area contributed by atoms with Gasteiger partial charge in [0.2, 0.25) is 0 Å². The van der Waals surface area contributed by atoms with Crippen LogP contribution in [-0.4, -0.2) is 29.8 Å². The van der Waals surface area contributed by atoms with E-state index in [-0.39, 0.29) is 21.8 Å². The number of thiocarbonyl (C=S) groups is 1. The predicted octanol–water partition coefficient (Wildman–Crippen LogP) is 3.66. The summed E-state index contributed by atoms with van der Waals surface area (Å²) >= 11 is 11.2. The SMILES string of the molecule is CCOC(=O)/C=C(\C)NC(=S)Nc1ccc(Cl)c(C(=O)OC(C)C)c1. The summed E-state index contributed by atoms with van der Waals surface area (Å²) in [7, 11) is 0. The summed E-state index contributed by atoms with van der Waals surface area (Å²) in [6, 6.07) is 4.79. The van der Waals surface area contributed by atoms with Gasteiger partial charge in [0.25, 0.3) is 0 Å². The Morgan fingerprint density at radius 1 is 1.36 bits per heavy atom. The van der Waals surface area contributed by atoms with E-state index in [0.717, 1.165) is 0 Å². The van der Waals surface area contributed by atoms with Crippen molar-refractivity contribution in [3.8, 4) is 0 Å². The van der Waals surface area contributed by atoms with Gasteiger partial charge in [-0.2, -0.15) is 0 Å². The number of esters is 2. The third-order valence-corrected chi connectivity index (χ3v) is 3.25. The van der Waals surface area contributed by atoms with Crippen molar-refractivity contribution in [3.63, 3.8) is 0 Å². The molecule has 0 aliphatic carbocycles. The van der Waals surface area contributed by atoms with Gasteiger partial charge in [-0.3, -0.25) is 0 Å². The standard InChI is InChI=1S/C17H21ClN2O4S/c1-5-23-15(21)8-11(4)19-17(25)20-12-6-7-14(18)13(9-12)16(22)24-10(2)3/h6-10H,5H2,1-4H3,(H2,19,20,25)/b11-8+. The smallest absolute Gasteiger partial charge is 0.339 e. The highest BCUT2D eigenvalue weighted by molar-refractivity contribution is 7.80. The second kappa shape index (κ2) is 10.0. The lowest BCUT2D eigenvalue weighted by molar-refractivity contribution is -0.137. The molecule has 0 atom stereocenters. The number of carbonyl (C=O) groups excluding carboxylic acids is 2. The van der Waals surface area contributed by atoms with Crippen LogP contribution < -0.4 is 10.6 Å². The van der Waals surface area contributed by atoms with Crippen molar-refractivity contribution in [2.45, 2.75) is 33.8 Å². The minimum absolute atomic E-state index is 0.238. The average Bonchev–Trinajstić information content (AvgIpc) is 2.48. The number of ether oxygens (including phenoxy) is 2. The molecule has 0 aliphatic rings. The van der Waals surface area contributed by atoms with Crippen molar-refractivity contribution in [1.82, 2.24) is 5.32 Å². The van der Waals surface area contributed by atoms with Gasteiger partial charge in [0.15, 0.2) is 5.11 Å². The maximum atomic E-state index is 12.0. The third-order valence-electron chi connectivity index (χ3n) is 2.72. The molecule has 0 aromatic heterocycles. The zero-order chi connectivity index (χ0) is 19.0. The van der Waals surface area contributed by atoms with Crippen LogP contribution in [0.2, 0.25) is 5.02 Å². The second-order valence-electron chi connectivity index (χ2n) is 5.31. The van der Waals surface area contributed by atoms with Crippen molar-refractivity contribution >= 4 is 46.6 Å². The number of hydrogen-bond donors (Lipinski definition) is 2. The molecular weight excluding hydrogens is 364 g/mol. The number of halogens is 1. The molecule has 2 N–H and O–H groups in total. The molecule has 0 unspecified atom stereocenters. The Labute approximate surface area is 157 Å². The van der Waals surface area contributed by atoms with Gasteiger partial charge in [-0.15, -0.1) is 0 Å². The van der Waals surface area contributed by atoms with E-state index in [2.05, 4.69) is 10.6 Å². The molecular formula is C17H21ClN2O4S. The lowest BCUT2D eigenvalue weighted by Gasteiger charge is -2.13. The van der Waals surface area contributed by atoms with Crippen LogP contribution in [0.4, 0.5) is 5.69 Å². The van der Waals surface area contributed by atoms with E-state index >= 15 is 0 Å². The van der Waals surface area contributed by atoms with Crippen molar-refractivity contribution in [2.75, 3.05) is 11.9 Å². The van der Waals surface area contributed by atoms with Crippen molar-refractivity contribution in [3.05, 3.63) is 40.6 Å². The Balaban J connectivity index is 2.78. The third kappa shape index (κ3) is 7.53. The Morgan fingerprint density at radius 2 is 2.04 bits per heavy atom. The zero-order valence-electron chi connectivity index (χ0n) is 14.5. The summed E-state index contributed by atoms with van der Waals surface area (Å²) in [5, 5.41) is 6.30. The first-order chi connectivity index (χ1) is 11.7. The second-order valence-corrected chi connectivity index (χ2v) is 6.12. The van der Waals surface area contributed by atoms with E-state index in [1.54, 1.807) is 45.9 Å². The topological polar surface area (TPSA) is 76.7 Å². The molecule has 1 aromatic carbocycles. The Morgan fingerprint density at radius 3 is 2.64 bits per heavy atom. The monoisotopic (exact) mass is 384 g/mol. The normalized spacial score (nSPS) is 11.0. The minimum atomic E-state index is -0.513.